The van der Waals surface area contributed by atoms with Crippen LogP contribution in [0, 0.1) is 19.7 Å². The fourth-order valence-electron chi connectivity index (χ4n) is 1.94. The van der Waals surface area contributed by atoms with Crippen molar-refractivity contribution in [2.75, 3.05) is 5.73 Å². The number of hydrogen-bond acceptors (Lipinski definition) is 2. The Balaban J connectivity index is 2.44. The van der Waals surface area contributed by atoms with E-state index in [9.17, 15) is 9.18 Å². The predicted octanol–water partition coefficient (Wildman–Crippen LogP) is 3.26. The van der Waals surface area contributed by atoms with Crippen LogP contribution in [-0.4, -0.2) is 5.78 Å². The van der Waals surface area contributed by atoms with Crippen molar-refractivity contribution in [3.63, 3.8) is 0 Å². The number of ketones is 1. The van der Waals surface area contributed by atoms with E-state index in [-0.39, 0.29) is 11.5 Å². The van der Waals surface area contributed by atoms with Crippen molar-refractivity contribution in [3.05, 3.63) is 64.5 Å². The van der Waals surface area contributed by atoms with E-state index in [1.807, 2.05) is 19.9 Å². The lowest BCUT2D eigenvalue weighted by molar-refractivity contribution is 0.103. The van der Waals surface area contributed by atoms with Crippen LogP contribution >= 0.6 is 0 Å². The van der Waals surface area contributed by atoms with Crippen molar-refractivity contribution in [3.8, 4) is 0 Å². The molecule has 0 aromatic heterocycles. The maximum absolute atomic E-state index is 13.3. The average molecular weight is 243 g/mol. The first kappa shape index (κ1) is 12.3. The summed E-state index contributed by atoms with van der Waals surface area (Å²) in [5.74, 6) is -0.758. The highest BCUT2D eigenvalue weighted by molar-refractivity contribution is 6.09. The number of benzene rings is 2. The summed E-state index contributed by atoms with van der Waals surface area (Å²) in [7, 11) is 0. The van der Waals surface area contributed by atoms with Gasteiger partial charge in [0.15, 0.2) is 5.78 Å². The number of hydrogen-bond donors (Lipinski definition) is 1. The van der Waals surface area contributed by atoms with E-state index in [0.29, 0.717) is 11.1 Å². The molecule has 0 heterocycles. The summed E-state index contributed by atoms with van der Waals surface area (Å²) in [5.41, 5.74) is 8.33. The third-order valence-corrected chi connectivity index (χ3v) is 2.75. The Kier molecular flexibility index (Phi) is 3.15. The second-order valence-electron chi connectivity index (χ2n) is 4.44. The molecule has 0 bridgehead atoms. The Morgan fingerprint density at radius 3 is 2.17 bits per heavy atom. The number of carbonyl (C=O) groups excluding carboxylic acids is 1. The van der Waals surface area contributed by atoms with Gasteiger partial charge in [-0.2, -0.15) is 0 Å². The molecular formula is C15H14FNO. The van der Waals surface area contributed by atoms with Gasteiger partial charge in [0.25, 0.3) is 0 Å². The third-order valence-electron chi connectivity index (χ3n) is 2.75. The fourth-order valence-corrected chi connectivity index (χ4v) is 1.94. The highest BCUT2D eigenvalue weighted by Crippen LogP contribution is 2.17. The molecule has 2 aromatic carbocycles. The van der Waals surface area contributed by atoms with Crippen molar-refractivity contribution in [2.45, 2.75) is 13.8 Å². The first-order chi connectivity index (χ1) is 8.47. The molecule has 2 N–H and O–H groups in total. The molecule has 18 heavy (non-hydrogen) atoms. The number of anilines is 1. The quantitative estimate of drug-likeness (QED) is 0.650. The minimum absolute atomic E-state index is 0.0481. The highest BCUT2D eigenvalue weighted by Gasteiger charge is 2.11. The molecule has 0 aliphatic rings. The molecule has 0 atom stereocenters. The van der Waals surface area contributed by atoms with Crippen molar-refractivity contribution in [1.82, 2.24) is 0 Å². The Morgan fingerprint density at radius 2 is 1.61 bits per heavy atom. The van der Waals surface area contributed by atoms with Crippen LogP contribution in [0.4, 0.5) is 10.1 Å². The number of nitrogens with two attached hydrogens (primary N) is 1. The largest absolute Gasteiger partial charge is 0.396 e. The normalized spacial score (nSPS) is 10.4. The first-order valence-electron chi connectivity index (χ1n) is 5.65. The average Bonchev–Trinajstić information content (AvgIpc) is 2.30. The van der Waals surface area contributed by atoms with E-state index in [2.05, 4.69) is 0 Å². The van der Waals surface area contributed by atoms with Gasteiger partial charge in [0.05, 0.1) is 5.69 Å². The zero-order chi connectivity index (χ0) is 13.3. The SMILES string of the molecule is Cc1cc(C)cc(C(=O)c2ccc(N)c(F)c2)c1. The van der Waals surface area contributed by atoms with Gasteiger partial charge in [0.1, 0.15) is 5.82 Å². The summed E-state index contributed by atoms with van der Waals surface area (Å²) in [6.45, 7) is 3.85. The molecule has 0 radical (unpaired) electrons. The monoisotopic (exact) mass is 243 g/mol. The zero-order valence-corrected chi connectivity index (χ0v) is 10.3. The van der Waals surface area contributed by atoms with Crippen molar-refractivity contribution in [1.29, 1.82) is 0 Å². The van der Waals surface area contributed by atoms with E-state index >= 15 is 0 Å². The highest BCUT2D eigenvalue weighted by atomic mass is 19.1. The molecular weight excluding hydrogens is 229 g/mol. The van der Waals surface area contributed by atoms with Gasteiger partial charge in [-0.05, 0) is 44.2 Å². The fraction of sp³-hybridized carbons (Fsp3) is 0.133. The smallest absolute Gasteiger partial charge is 0.193 e. The third kappa shape index (κ3) is 2.40. The molecule has 0 amide bonds. The van der Waals surface area contributed by atoms with Crippen LogP contribution in [0.1, 0.15) is 27.0 Å². The van der Waals surface area contributed by atoms with Gasteiger partial charge in [0.2, 0.25) is 0 Å². The molecule has 92 valence electrons. The molecule has 2 rings (SSSR count). The Hall–Kier alpha value is -2.16. The minimum atomic E-state index is -0.565. The molecule has 0 saturated heterocycles. The van der Waals surface area contributed by atoms with Crippen LogP contribution < -0.4 is 5.73 Å². The van der Waals surface area contributed by atoms with Gasteiger partial charge in [0, 0.05) is 11.1 Å². The van der Waals surface area contributed by atoms with Crippen LogP contribution in [-0.2, 0) is 0 Å². The lowest BCUT2D eigenvalue weighted by Gasteiger charge is -2.05. The lowest BCUT2D eigenvalue weighted by atomic mass is 9.99. The number of carbonyl (C=O) groups is 1. The van der Waals surface area contributed by atoms with Crippen LogP contribution in [0.5, 0.6) is 0 Å². The Labute approximate surface area is 105 Å². The number of aryl methyl sites for hydroxylation is 2. The van der Waals surface area contributed by atoms with Crippen molar-refractivity contribution >= 4 is 11.5 Å². The summed E-state index contributed by atoms with van der Waals surface area (Å²) < 4.78 is 13.3. The second-order valence-corrected chi connectivity index (χ2v) is 4.44. The Bertz CT molecular complexity index is 600. The molecule has 0 unspecified atom stereocenters. The predicted molar refractivity (Wildman–Crippen MR) is 70.2 cm³/mol. The first-order valence-corrected chi connectivity index (χ1v) is 5.65. The zero-order valence-electron chi connectivity index (χ0n) is 10.3. The molecule has 2 nitrogen and oxygen atoms in total. The minimum Gasteiger partial charge on any atom is -0.396 e. The van der Waals surface area contributed by atoms with E-state index in [0.717, 1.165) is 11.1 Å². The van der Waals surface area contributed by atoms with Crippen molar-refractivity contribution in [2.24, 2.45) is 0 Å². The van der Waals surface area contributed by atoms with Gasteiger partial charge in [-0.25, -0.2) is 4.39 Å². The lowest BCUT2D eigenvalue weighted by Crippen LogP contribution is -2.04. The summed E-state index contributed by atoms with van der Waals surface area (Å²) >= 11 is 0. The molecule has 0 aliphatic carbocycles. The second kappa shape index (κ2) is 4.61. The van der Waals surface area contributed by atoms with Gasteiger partial charge in [-0.15, -0.1) is 0 Å². The number of nitrogen functional groups attached to an aromatic ring is 1. The van der Waals surface area contributed by atoms with E-state index in [4.69, 9.17) is 5.73 Å². The molecule has 0 spiro atoms. The summed E-state index contributed by atoms with van der Waals surface area (Å²) in [6.07, 6.45) is 0. The molecule has 2 aromatic rings. The van der Waals surface area contributed by atoms with Crippen molar-refractivity contribution < 1.29 is 9.18 Å². The summed E-state index contributed by atoms with van der Waals surface area (Å²) in [4.78, 5) is 12.2. The van der Waals surface area contributed by atoms with Gasteiger partial charge in [-0.3, -0.25) is 4.79 Å². The molecule has 0 saturated carbocycles. The maximum Gasteiger partial charge on any atom is 0.193 e. The van der Waals surface area contributed by atoms with Crippen LogP contribution in [0.2, 0.25) is 0 Å². The van der Waals surface area contributed by atoms with E-state index in [1.165, 1.54) is 12.1 Å². The summed E-state index contributed by atoms with van der Waals surface area (Å²) in [6, 6.07) is 9.70. The van der Waals surface area contributed by atoms with Crippen LogP contribution in [0.15, 0.2) is 36.4 Å². The molecule has 3 heteroatoms. The van der Waals surface area contributed by atoms with Crippen LogP contribution in [0.25, 0.3) is 0 Å². The number of rotatable bonds is 2. The van der Waals surface area contributed by atoms with Gasteiger partial charge >= 0.3 is 0 Å². The molecule has 0 aliphatic heterocycles. The van der Waals surface area contributed by atoms with Gasteiger partial charge in [-0.1, -0.05) is 17.2 Å². The summed E-state index contributed by atoms with van der Waals surface area (Å²) in [5, 5.41) is 0. The molecule has 0 fully saturated rings. The van der Waals surface area contributed by atoms with Gasteiger partial charge < -0.3 is 5.73 Å². The maximum atomic E-state index is 13.3. The van der Waals surface area contributed by atoms with E-state index in [1.54, 1.807) is 18.2 Å². The topological polar surface area (TPSA) is 43.1 Å². The van der Waals surface area contributed by atoms with Crippen LogP contribution in [0.3, 0.4) is 0 Å². The Morgan fingerprint density at radius 1 is 1.00 bits per heavy atom. The van der Waals surface area contributed by atoms with E-state index < -0.39 is 5.82 Å². The number of halogens is 1. The standard InChI is InChI=1S/C15H14FNO/c1-9-5-10(2)7-12(6-9)15(18)11-3-4-14(17)13(16)8-11/h3-8H,17H2,1-2H3.